The average molecular weight is 196 g/mol. The predicted octanol–water partition coefficient (Wildman–Crippen LogP) is 2.69. The van der Waals surface area contributed by atoms with Gasteiger partial charge in [-0.15, -0.1) is 0 Å². The molecule has 1 aliphatic carbocycles. The third-order valence-corrected chi connectivity index (χ3v) is 2.95. The molecule has 0 heterocycles. The van der Waals surface area contributed by atoms with Gasteiger partial charge in [0.1, 0.15) is 0 Å². The van der Waals surface area contributed by atoms with Crippen molar-refractivity contribution in [3.63, 3.8) is 0 Å². The van der Waals surface area contributed by atoms with E-state index in [9.17, 15) is 4.79 Å². The topological polar surface area (TPSA) is 29.1 Å². The van der Waals surface area contributed by atoms with Crippen LogP contribution in [0.5, 0.6) is 0 Å². The van der Waals surface area contributed by atoms with E-state index in [1.165, 1.54) is 25.7 Å². The minimum Gasteiger partial charge on any atom is -0.356 e. The summed E-state index contributed by atoms with van der Waals surface area (Å²) in [6.07, 6.45) is 9.17. The van der Waals surface area contributed by atoms with E-state index in [1.807, 2.05) is 0 Å². The van der Waals surface area contributed by atoms with Gasteiger partial charge in [-0.25, -0.2) is 0 Å². The molecule has 1 rings (SSSR count). The predicted molar refractivity (Wildman–Crippen MR) is 58.8 cm³/mol. The SMILES string of the molecule is [CH2]CCCNC(=O)C1CCCCCC1. The number of amides is 1. The van der Waals surface area contributed by atoms with Gasteiger partial charge in [-0.1, -0.05) is 39.0 Å². The molecule has 1 fully saturated rings. The van der Waals surface area contributed by atoms with Gasteiger partial charge < -0.3 is 5.32 Å². The number of carbonyl (C=O) groups is 1. The summed E-state index contributed by atoms with van der Waals surface area (Å²) in [5.74, 6) is 0.572. The first-order valence-electron chi connectivity index (χ1n) is 5.91. The van der Waals surface area contributed by atoms with E-state index in [2.05, 4.69) is 12.2 Å². The Labute approximate surface area is 87.5 Å². The minimum absolute atomic E-state index is 0.278. The molecule has 1 amide bonds. The monoisotopic (exact) mass is 196 g/mol. The Morgan fingerprint density at radius 1 is 1.21 bits per heavy atom. The van der Waals surface area contributed by atoms with Crippen LogP contribution in [0.1, 0.15) is 51.4 Å². The van der Waals surface area contributed by atoms with Crippen LogP contribution in [0.15, 0.2) is 0 Å². The smallest absolute Gasteiger partial charge is 0.223 e. The summed E-state index contributed by atoms with van der Waals surface area (Å²) in [6, 6.07) is 0. The quantitative estimate of drug-likeness (QED) is 0.543. The number of carbonyl (C=O) groups excluding carboxylic acids is 1. The van der Waals surface area contributed by atoms with E-state index in [0.717, 1.165) is 32.2 Å². The summed E-state index contributed by atoms with van der Waals surface area (Å²) >= 11 is 0. The van der Waals surface area contributed by atoms with Crippen LogP contribution < -0.4 is 5.32 Å². The van der Waals surface area contributed by atoms with Gasteiger partial charge in [-0.05, 0) is 19.3 Å². The van der Waals surface area contributed by atoms with E-state index >= 15 is 0 Å². The molecular formula is C12H22NO. The van der Waals surface area contributed by atoms with Crippen molar-refractivity contribution >= 4 is 5.91 Å². The van der Waals surface area contributed by atoms with Crippen molar-refractivity contribution in [2.45, 2.75) is 51.4 Å². The first-order valence-corrected chi connectivity index (χ1v) is 5.91. The van der Waals surface area contributed by atoms with Gasteiger partial charge in [0.05, 0.1) is 0 Å². The minimum atomic E-state index is 0.278. The fraction of sp³-hybridized carbons (Fsp3) is 0.833. The molecule has 81 valence electrons. The van der Waals surface area contributed by atoms with Gasteiger partial charge in [-0.3, -0.25) is 4.79 Å². The Balaban J connectivity index is 2.20. The zero-order valence-corrected chi connectivity index (χ0v) is 9.06. The first-order chi connectivity index (χ1) is 6.84. The molecule has 0 saturated heterocycles. The van der Waals surface area contributed by atoms with Crippen molar-refractivity contribution in [1.82, 2.24) is 5.32 Å². The summed E-state index contributed by atoms with van der Waals surface area (Å²) in [5, 5.41) is 3.00. The molecule has 0 aliphatic heterocycles. The second kappa shape index (κ2) is 6.86. The molecule has 0 unspecified atom stereocenters. The molecule has 0 aromatic rings. The van der Waals surface area contributed by atoms with Crippen LogP contribution in [0.2, 0.25) is 0 Å². The lowest BCUT2D eigenvalue weighted by Gasteiger charge is -2.13. The van der Waals surface area contributed by atoms with Crippen LogP contribution in [-0.4, -0.2) is 12.5 Å². The molecule has 1 saturated carbocycles. The fourth-order valence-electron chi connectivity index (χ4n) is 2.02. The molecule has 14 heavy (non-hydrogen) atoms. The van der Waals surface area contributed by atoms with E-state index in [-0.39, 0.29) is 5.91 Å². The van der Waals surface area contributed by atoms with Gasteiger partial charge in [0, 0.05) is 12.5 Å². The Morgan fingerprint density at radius 3 is 2.43 bits per heavy atom. The maximum atomic E-state index is 11.7. The van der Waals surface area contributed by atoms with Gasteiger partial charge in [0.2, 0.25) is 5.91 Å². The van der Waals surface area contributed by atoms with Gasteiger partial charge in [0.15, 0.2) is 0 Å². The second-order valence-electron chi connectivity index (χ2n) is 4.19. The summed E-state index contributed by atoms with van der Waals surface area (Å²) in [7, 11) is 0. The molecule has 2 nitrogen and oxygen atoms in total. The van der Waals surface area contributed by atoms with Crippen molar-refractivity contribution in [1.29, 1.82) is 0 Å². The molecule has 1 aliphatic rings. The van der Waals surface area contributed by atoms with Gasteiger partial charge >= 0.3 is 0 Å². The van der Waals surface area contributed by atoms with E-state index in [4.69, 9.17) is 0 Å². The van der Waals surface area contributed by atoms with E-state index in [0.29, 0.717) is 5.92 Å². The highest BCUT2D eigenvalue weighted by Crippen LogP contribution is 2.22. The second-order valence-corrected chi connectivity index (χ2v) is 4.19. The Hall–Kier alpha value is -0.530. The molecular weight excluding hydrogens is 174 g/mol. The van der Waals surface area contributed by atoms with Crippen LogP contribution in [0.3, 0.4) is 0 Å². The van der Waals surface area contributed by atoms with Crippen molar-refractivity contribution < 1.29 is 4.79 Å². The number of hydrogen-bond donors (Lipinski definition) is 1. The highest BCUT2D eigenvalue weighted by atomic mass is 16.1. The molecule has 0 aromatic carbocycles. The Kier molecular flexibility index (Phi) is 5.65. The maximum absolute atomic E-state index is 11.7. The van der Waals surface area contributed by atoms with Crippen molar-refractivity contribution in [2.24, 2.45) is 5.92 Å². The third kappa shape index (κ3) is 4.12. The molecule has 1 radical (unpaired) electrons. The molecule has 0 aromatic heterocycles. The van der Waals surface area contributed by atoms with Crippen molar-refractivity contribution in [2.75, 3.05) is 6.54 Å². The average Bonchev–Trinajstić information content (AvgIpc) is 2.46. The molecule has 0 atom stereocenters. The molecule has 2 heteroatoms. The normalized spacial score (nSPS) is 18.9. The molecule has 1 N–H and O–H groups in total. The van der Waals surface area contributed by atoms with Crippen LogP contribution >= 0.6 is 0 Å². The Morgan fingerprint density at radius 2 is 1.86 bits per heavy atom. The summed E-state index contributed by atoms with van der Waals surface area (Å²) in [6.45, 7) is 4.56. The zero-order valence-electron chi connectivity index (χ0n) is 9.06. The van der Waals surface area contributed by atoms with Crippen LogP contribution in [0, 0.1) is 12.8 Å². The van der Waals surface area contributed by atoms with Gasteiger partial charge in [-0.2, -0.15) is 0 Å². The lowest BCUT2D eigenvalue weighted by molar-refractivity contribution is -0.125. The zero-order chi connectivity index (χ0) is 10.2. The summed E-state index contributed by atoms with van der Waals surface area (Å²) < 4.78 is 0. The standard InChI is InChI=1S/C12H22NO/c1-2-3-10-13-12(14)11-8-6-4-5-7-9-11/h11H,1-10H2,(H,13,14). The number of rotatable bonds is 4. The fourth-order valence-corrected chi connectivity index (χ4v) is 2.02. The summed E-state index contributed by atoms with van der Waals surface area (Å²) in [5.41, 5.74) is 0. The van der Waals surface area contributed by atoms with Crippen LogP contribution in [0.25, 0.3) is 0 Å². The lowest BCUT2D eigenvalue weighted by atomic mass is 9.99. The highest BCUT2D eigenvalue weighted by Gasteiger charge is 2.18. The number of hydrogen-bond acceptors (Lipinski definition) is 1. The number of nitrogens with one attached hydrogen (secondary N) is 1. The highest BCUT2D eigenvalue weighted by molar-refractivity contribution is 5.78. The van der Waals surface area contributed by atoms with E-state index < -0.39 is 0 Å². The first kappa shape index (κ1) is 11.5. The van der Waals surface area contributed by atoms with Gasteiger partial charge in [0.25, 0.3) is 0 Å². The van der Waals surface area contributed by atoms with Crippen LogP contribution in [-0.2, 0) is 4.79 Å². The molecule has 0 bridgehead atoms. The maximum Gasteiger partial charge on any atom is 0.223 e. The van der Waals surface area contributed by atoms with Crippen molar-refractivity contribution in [3.8, 4) is 0 Å². The molecule has 0 spiro atoms. The van der Waals surface area contributed by atoms with Crippen molar-refractivity contribution in [3.05, 3.63) is 6.92 Å². The van der Waals surface area contributed by atoms with E-state index in [1.54, 1.807) is 0 Å². The third-order valence-electron chi connectivity index (χ3n) is 2.95. The largest absolute Gasteiger partial charge is 0.356 e. The lowest BCUT2D eigenvalue weighted by Crippen LogP contribution is -2.31. The summed E-state index contributed by atoms with van der Waals surface area (Å²) in [4.78, 5) is 11.7. The van der Waals surface area contributed by atoms with Crippen LogP contribution in [0.4, 0.5) is 0 Å². The number of unbranched alkanes of at least 4 members (excludes halogenated alkanes) is 1. The Bertz CT molecular complexity index is 160.